The molecule has 1 unspecified atom stereocenters. The van der Waals surface area contributed by atoms with Gasteiger partial charge < -0.3 is 5.32 Å². The van der Waals surface area contributed by atoms with Gasteiger partial charge in [-0.05, 0) is 31.4 Å². The lowest BCUT2D eigenvalue weighted by Crippen LogP contribution is -2.25. The maximum atomic E-state index is 4.18. The van der Waals surface area contributed by atoms with Crippen molar-refractivity contribution in [1.29, 1.82) is 0 Å². The third kappa shape index (κ3) is 4.93. The molecule has 0 fully saturated rings. The predicted molar refractivity (Wildman–Crippen MR) is 64.8 cm³/mol. The average molecular weight is 206 g/mol. The van der Waals surface area contributed by atoms with Gasteiger partial charge in [-0.25, -0.2) is 0 Å². The first-order valence-electron chi connectivity index (χ1n) is 5.86. The number of aromatic nitrogens is 1. The van der Waals surface area contributed by atoms with Crippen LogP contribution < -0.4 is 5.32 Å². The largest absolute Gasteiger partial charge is 0.310 e. The lowest BCUT2D eigenvalue weighted by Gasteiger charge is -2.13. The van der Waals surface area contributed by atoms with E-state index in [1.54, 1.807) is 0 Å². The van der Waals surface area contributed by atoms with Gasteiger partial charge in [0.1, 0.15) is 0 Å². The fraction of sp³-hybridized carbons (Fsp3) is 0.615. The second kappa shape index (κ2) is 6.57. The summed E-state index contributed by atoms with van der Waals surface area (Å²) >= 11 is 0. The first kappa shape index (κ1) is 12.2. The predicted octanol–water partition coefficient (Wildman–Crippen LogP) is 3.06. The van der Waals surface area contributed by atoms with Crippen molar-refractivity contribution in [2.24, 2.45) is 0 Å². The molecule has 1 rings (SSSR count). The summed E-state index contributed by atoms with van der Waals surface area (Å²) in [7, 11) is 0. The summed E-state index contributed by atoms with van der Waals surface area (Å²) < 4.78 is 0. The minimum atomic E-state index is 0.602. The molecule has 0 aliphatic heterocycles. The van der Waals surface area contributed by atoms with Gasteiger partial charge in [0.15, 0.2) is 0 Å². The Hall–Kier alpha value is -0.890. The van der Waals surface area contributed by atoms with Gasteiger partial charge in [-0.15, -0.1) is 0 Å². The van der Waals surface area contributed by atoms with Gasteiger partial charge in [0.05, 0.1) is 0 Å². The molecule has 0 amide bonds. The SMILES string of the molecule is CCCCC(C)NCc1cncc(C)c1. The van der Waals surface area contributed by atoms with Gasteiger partial charge in [0, 0.05) is 25.0 Å². The van der Waals surface area contributed by atoms with Crippen LogP contribution in [0, 0.1) is 6.92 Å². The molecule has 15 heavy (non-hydrogen) atoms. The quantitative estimate of drug-likeness (QED) is 0.773. The highest BCUT2D eigenvalue weighted by Crippen LogP contribution is 2.03. The first-order valence-corrected chi connectivity index (χ1v) is 5.86. The molecule has 1 aromatic heterocycles. The van der Waals surface area contributed by atoms with E-state index in [0.29, 0.717) is 6.04 Å². The van der Waals surface area contributed by atoms with Crippen LogP contribution in [0.4, 0.5) is 0 Å². The normalized spacial score (nSPS) is 12.7. The van der Waals surface area contributed by atoms with E-state index in [0.717, 1.165) is 6.54 Å². The van der Waals surface area contributed by atoms with E-state index in [9.17, 15) is 0 Å². The monoisotopic (exact) mass is 206 g/mol. The number of aryl methyl sites for hydroxylation is 1. The highest BCUT2D eigenvalue weighted by molar-refractivity contribution is 5.16. The van der Waals surface area contributed by atoms with E-state index in [1.807, 2.05) is 12.4 Å². The zero-order valence-corrected chi connectivity index (χ0v) is 10.1. The molecule has 1 heterocycles. The summed E-state index contributed by atoms with van der Waals surface area (Å²) in [4.78, 5) is 4.18. The molecule has 2 nitrogen and oxygen atoms in total. The number of unbranched alkanes of at least 4 members (excludes halogenated alkanes) is 1. The Labute approximate surface area is 93.1 Å². The van der Waals surface area contributed by atoms with E-state index in [-0.39, 0.29) is 0 Å². The fourth-order valence-electron chi connectivity index (χ4n) is 1.62. The Morgan fingerprint density at radius 1 is 1.40 bits per heavy atom. The molecule has 1 atom stereocenters. The third-order valence-corrected chi connectivity index (χ3v) is 2.58. The smallest absolute Gasteiger partial charge is 0.0313 e. The van der Waals surface area contributed by atoms with Crippen LogP contribution in [0.15, 0.2) is 18.5 Å². The highest BCUT2D eigenvalue weighted by atomic mass is 14.9. The molecule has 0 bridgehead atoms. The van der Waals surface area contributed by atoms with Gasteiger partial charge in [-0.2, -0.15) is 0 Å². The summed E-state index contributed by atoms with van der Waals surface area (Å²) in [5.74, 6) is 0. The van der Waals surface area contributed by atoms with E-state index in [2.05, 4.69) is 37.1 Å². The van der Waals surface area contributed by atoms with Gasteiger partial charge in [0.2, 0.25) is 0 Å². The Kier molecular flexibility index (Phi) is 5.33. The Morgan fingerprint density at radius 3 is 2.87 bits per heavy atom. The molecule has 0 aliphatic rings. The van der Waals surface area contributed by atoms with Crippen molar-refractivity contribution in [3.8, 4) is 0 Å². The molecule has 0 saturated heterocycles. The first-order chi connectivity index (χ1) is 7.22. The Morgan fingerprint density at radius 2 is 2.20 bits per heavy atom. The Balaban J connectivity index is 2.30. The fourth-order valence-corrected chi connectivity index (χ4v) is 1.62. The van der Waals surface area contributed by atoms with Gasteiger partial charge >= 0.3 is 0 Å². The highest BCUT2D eigenvalue weighted by Gasteiger charge is 2.00. The third-order valence-electron chi connectivity index (χ3n) is 2.58. The van der Waals surface area contributed by atoms with E-state index >= 15 is 0 Å². The van der Waals surface area contributed by atoms with Gasteiger partial charge in [0.25, 0.3) is 0 Å². The molecule has 0 spiro atoms. The molecule has 1 aromatic rings. The lowest BCUT2D eigenvalue weighted by atomic mass is 10.1. The molecule has 0 radical (unpaired) electrons. The zero-order valence-electron chi connectivity index (χ0n) is 10.1. The van der Waals surface area contributed by atoms with Gasteiger partial charge in [-0.3, -0.25) is 4.98 Å². The number of hydrogen-bond acceptors (Lipinski definition) is 2. The van der Waals surface area contributed by atoms with Crippen molar-refractivity contribution >= 4 is 0 Å². The maximum absolute atomic E-state index is 4.18. The molecule has 0 aromatic carbocycles. The molecule has 2 heteroatoms. The van der Waals surface area contributed by atoms with Crippen LogP contribution in [0.1, 0.15) is 44.2 Å². The van der Waals surface area contributed by atoms with Gasteiger partial charge in [-0.1, -0.05) is 25.8 Å². The van der Waals surface area contributed by atoms with Crippen molar-refractivity contribution in [1.82, 2.24) is 10.3 Å². The van der Waals surface area contributed by atoms with E-state index in [1.165, 1.54) is 30.4 Å². The van der Waals surface area contributed by atoms with Crippen LogP contribution in [-0.4, -0.2) is 11.0 Å². The molecular weight excluding hydrogens is 184 g/mol. The summed E-state index contributed by atoms with van der Waals surface area (Å²) in [6.07, 6.45) is 7.67. The van der Waals surface area contributed by atoms with E-state index < -0.39 is 0 Å². The maximum Gasteiger partial charge on any atom is 0.0313 e. The molecule has 84 valence electrons. The summed E-state index contributed by atoms with van der Waals surface area (Å²) in [5, 5.41) is 3.52. The van der Waals surface area contributed by atoms with Crippen LogP contribution in [0.5, 0.6) is 0 Å². The van der Waals surface area contributed by atoms with Crippen LogP contribution in [0.25, 0.3) is 0 Å². The molecule has 0 aliphatic carbocycles. The number of pyridine rings is 1. The van der Waals surface area contributed by atoms with Crippen molar-refractivity contribution < 1.29 is 0 Å². The average Bonchev–Trinajstić information content (AvgIpc) is 2.23. The lowest BCUT2D eigenvalue weighted by molar-refractivity contribution is 0.494. The van der Waals surface area contributed by atoms with Crippen LogP contribution >= 0.6 is 0 Å². The van der Waals surface area contributed by atoms with Crippen molar-refractivity contribution in [3.63, 3.8) is 0 Å². The zero-order chi connectivity index (χ0) is 11.1. The Bertz CT molecular complexity index is 284. The van der Waals surface area contributed by atoms with Crippen LogP contribution in [-0.2, 0) is 6.54 Å². The second-order valence-corrected chi connectivity index (χ2v) is 4.29. The molecule has 1 N–H and O–H groups in total. The summed E-state index contributed by atoms with van der Waals surface area (Å²) in [5.41, 5.74) is 2.51. The number of nitrogens with one attached hydrogen (secondary N) is 1. The second-order valence-electron chi connectivity index (χ2n) is 4.29. The topological polar surface area (TPSA) is 24.9 Å². The minimum Gasteiger partial charge on any atom is -0.310 e. The van der Waals surface area contributed by atoms with Crippen molar-refractivity contribution in [2.45, 2.75) is 52.6 Å². The van der Waals surface area contributed by atoms with Crippen LogP contribution in [0.2, 0.25) is 0 Å². The van der Waals surface area contributed by atoms with E-state index in [4.69, 9.17) is 0 Å². The minimum absolute atomic E-state index is 0.602. The standard InChI is InChI=1S/C13H22N2/c1-4-5-6-12(3)15-10-13-7-11(2)8-14-9-13/h7-9,12,15H,4-6,10H2,1-3H3. The molecule has 0 saturated carbocycles. The van der Waals surface area contributed by atoms with Crippen molar-refractivity contribution in [2.75, 3.05) is 0 Å². The van der Waals surface area contributed by atoms with Crippen LogP contribution in [0.3, 0.4) is 0 Å². The number of nitrogens with zero attached hydrogens (tertiary/aromatic N) is 1. The number of rotatable bonds is 6. The van der Waals surface area contributed by atoms with Crippen molar-refractivity contribution in [3.05, 3.63) is 29.6 Å². The summed E-state index contributed by atoms with van der Waals surface area (Å²) in [6, 6.07) is 2.79. The summed E-state index contributed by atoms with van der Waals surface area (Å²) in [6.45, 7) is 7.49. The molecular formula is C13H22N2. The number of hydrogen-bond donors (Lipinski definition) is 1.